The first-order valence-electron chi connectivity index (χ1n) is 4.28. The van der Waals surface area contributed by atoms with E-state index in [1.165, 1.54) is 32.1 Å². The summed E-state index contributed by atoms with van der Waals surface area (Å²) in [6.07, 6.45) is 10.7. The number of hydrogen-bond donors (Lipinski definition) is 0. The molecule has 0 aromatic rings. The van der Waals surface area contributed by atoms with Crippen molar-refractivity contribution in [3.63, 3.8) is 0 Å². The topological polar surface area (TPSA) is 9.23 Å². The van der Waals surface area contributed by atoms with E-state index in [9.17, 15) is 0 Å². The predicted octanol–water partition coefficient (Wildman–Crippen LogP) is 2.56. The van der Waals surface area contributed by atoms with Crippen molar-refractivity contribution in [1.29, 1.82) is 0 Å². The standard InChI is InChI=1S/C9H17O/c1-10-9-7-5-3-2-4-6-8-9/h5,9H,2-4,6-8H2,1H3. The van der Waals surface area contributed by atoms with Crippen molar-refractivity contribution in [3.8, 4) is 0 Å². The predicted molar refractivity (Wildman–Crippen MR) is 42.8 cm³/mol. The van der Waals surface area contributed by atoms with Crippen molar-refractivity contribution in [1.82, 2.24) is 0 Å². The first-order valence-corrected chi connectivity index (χ1v) is 4.28. The summed E-state index contributed by atoms with van der Waals surface area (Å²) in [5.74, 6) is 0. The minimum absolute atomic E-state index is 0.514. The summed E-state index contributed by atoms with van der Waals surface area (Å²) in [5.41, 5.74) is 0. The van der Waals surface area contributed by atoms with Crippen molar-refractivity contribution in [3.05, 3.63) is 6.42 Å². The normalized spacial score (nSPS) is 23.7. The molecule has 0 spiro atoms. The Morgan fingerprint density at radius 2 is 2.20 bits per heavy atom. The van der Waals surface area contributed by atoms with Gasteiger partial charge in [-0.05, 0) is 19.3 Å². The Labute approximate surface area is 63.8 Å². The van der Waals surface area contributed by atoms with Gasteiger partial charge in [-0.3, -0.25) is 0 Å². The molecule has 1 aliphatic rings. The van der Waals surface area contributed by atoms with Crippen LogP contribution in [0.15, 0.2) is 0 Å². The molecule has 1 unspecified atom stereocenters. The molecule has 1 fully saturated rings. The van der Waals surface area contributed by atoms with Gasteiger partial charge in [0.1, 0.15) is 0 Å². The molecule has 1 aliphatic carbocycles. The SMILES string of the molecule is COC1C[CH]CCCCC1. The van der Waals surface area contributed by atoms with Gasteiger partial charge in [0.05, 0.1) is 6.10 Å². The maximum atomic E-state index is 5.30. The highest BCUT2D eigenvalue weighted by molar-refractivity contribution is 4.74. The van der Waals surface area contributed by atoms with Crippen LogP contribution in [-0.4, -0.2) is 13.2 Å². The molecule has 0 saturated heterocycles. The van der Waals surface area contributed by atoms with E-state index >= 15 is 0 Å². The van der Waals surface area contributed by atoms with Gasteiger partial charge in [0, 0.05) is 7.11 Å². The number of rotatable bonds is 1. The fourth-order valence-electron chi connectivity index (χ4n) is 1.47. The summed E-state index contributed by atoms with van der Waals surface area (Å²) >= 11 is 0. The molecule has 0 aliphatic heterocycles. The van der Waals surface area contributed by atoms with Gasteiger partial charge in [0.25, 0.3) is 0 Å². The molecule has 59 valence electrons. The first-order chi connectivity index (χ1) is 4.93. The van der Waals surface area contributed by atoms with Crippen LogP contribution in [0.3, 0.4) is 0 Å². The van der Waals surface area contributed by atoms with Crippen molar-refractivity contribution in [2.45, 2.75) is 44.6 Å². The average molecular weight is 141 g/mol. The second kappa shape index (κ2) is 4.73. The van der Waals surface area contributed by atoms with E-state index in [1.54, 1.807) is 0 Å². The van der Waals surface area contributed by atoms with Crippen LogP contribution in [0.5, 0.6) is 0 Å². The zero-order valence-corrected chi connectivity index (χ0v) is 6.81. The number of methoxy groups -OCH3 is 1. The maximum absolute atomic E-state index is 5.30. The lowest BCUT2D eigenvalue weighted by atomic mass is 9.99. The average Bonchev–Trinajstić information content (AvgIpc) is 1.87. The molecule has 1 heteroatoms. The van der Waals surface area contributed by atoms with Crippen LogP contribution in [0.4, 0.5) is 0 Å². The van der Waals surface area contributed by atoms with E-state index in [1.807, 2.05) is 7.11 Å². The fraction of sp³-hybridized carbons (Fsp3) is 0.889. The second-order valence-electron chi connectivity index (χ2n) is 3.02. The van der Waals surface area contributed by atoms with Gasteiger partial charge in [-0.15, -0.1) is 0 Å². The van der Waals surface area contributed by atoms with E-state index in [4.69, 9.17) is 4.74 Å². The lowest BCUT2D eigenvalue weighted by molar-refractivity contribution is 0.0891. The van der Waals surface area contributed by atoms with Crippen LogP contribution < -0.4 is 0 Å². The molecule has 10 heavy (non-hydrogen) atoms. The number of ether oxygens (including phenoxy) is 1. The Hall–Kier alpha value is -0.0400. The van der Waals surface area contributed by atoms with E-state index in [0.29, 0.717) is 6.10 Å². The van der Waals surface area contributed by atoms with E-state index in [2.05, 4.69) is 6.42 Å². The van der Waals surface area contributed by atoms with Gasteiger partial charge >= 0.3 is 0 Å². The Bertz CT molecular complexity index is 72.8. The zero-order chi connectivity index (χ0) is 7.23. The Balaban J connectivity index is 2.16. The summed E-state index contributed by atoms with van der Waals surface area (Å²) < 4.78 is 5.30. The van der Waals surface area contributed by atoms with Crippen LogP contribution in [0, 0.1) is 6.42 Å². The molecule has 0 bridgehead atoms. The molecule has 1 saturated carbocycles. The van der Waals surface area contributed by atoms with Crippen molar-refractivity contribution >= 4 is 0 Å². The quantitative estimate of drug-likeness (QED) is 0.545. The summed E-state index contributed by atoms with van der Waals surface area (Å²) in [7, 11) is 1.82. The molecule has 1 atom stereocenters. The van der Waals surface area contributed by atoms with E-state index < -0.39 is 0 Å². The lowest BCUT2D eigenvalue weighted by Gasteiger charge is -2.17. The lowest BCUT2D eigenvalue weighted by Crippen LogP contribution is -2.11. The van der Waals surface area contributed by atoms with Gasteiger partial charge in [0.2, 0.25) is 0 Å². The maximum Gasteiger partial charge on any atom is 0.0574 e. The fourth-order valence-corrected chi connectivity index (χ4v) is 1.47. The molecule has 1 nitrogen and oxygen atoms in total. The van der Waals surface area contributed by atoms with Crippen LogP contribution in [-0.2, 0) is 4.74 Å². The van der Waals surface area contributed by atoms with Gasteiger partial charge in [-0.25, -0.2) is 0 Å². The molecule has 0 aromatic heterocycles. The third-order valence-corrected chi connectivity index (χ3v) is 2.20. The minimum Gasteiger partial charge on any atom is -0.381 e. The molecule has 0 amide bonds. The summed E-state index contributed by atoms with van der Waals surface area (Å²) in [4.78, 5) is 0. The smallest absolute Gasteiger partial charge is 0.0574 e. The molecule has 1 rings (SSSR count). The highest BCUT2D eigenvalue weighted by Crippen LogP contribution is 2.17. The summed E-state index contributed by atoms with van der Waals surface area (Å²) in [5, 5.41) is 0. The molecule has 0 N–H and O–H groups in total. The summed E-state index contributed by atoms with van der Waals surface area (Å²) in [6, 6.07) is 0. The van der Waals surface area contributed by atoms with Gasteiger partial charge in [-0.1, -0.05) is 25.7 Å². The molecule has 0 heterocycles. The largest absolute Gasteiger partial charge is 0.381 e. The zero-order valence-electron chi connectivity index (χ0n) is 6.81. The van der Waals surface area contributed by atoms with Crippen LogP contribution in [0.25, 0.3) is 0 Å². The second-order valence-corrected chi connectivity index (χ2v) is 3.02. The Morgan fingerprint density at radius 1 is 1.30 bits per heavy atom. The Morgan fingerprint density at radius 3 is 3.00 bits per heavy atom. The summed E-state index contributed by atoms with van der Waals surface area (Å²) in [6.45, 7) is 0. The van der Waals surface area contributed by atoms with Crippen molar-refractivity contribution in [2.24, 2.45) is 0 Å². The van der Waals surface area contributed by atoms with Gasteiger partial charge in [-0.2, -0.15) is 0 Å². The number of hydrogen-bond acceptors (Lipinski definition) is 1. The molecular formula is C9H17O. The van der Waals surface area contributed by atoms with E-state index in [-0.39, 0.29) is 0 Å². The van der Waals surface area contributed by atoms with Crippen molar-refractivity contribution < 1.29 is 4.74 Å². The van der Waals surface area contributed by atoms with Gasteiger partial charge in [0.15, 0.2) is 0 Å². The Kier molecular flexibility index (Phi) is 3.81. The highest BCUT2D eigenvalue weighted by atomic mass is 16.5. The molecular weight excluding hydrogens is 124 g/mol. The highest BCUT2D eigenvalue weighted by Gasteiger charge is 2.08. The van der Waals surface area contributed by atoms with Crippen LogP contribution in [0.1, 0.15) is 38.5 Å². The third-order valence-electron chi connectivity index (χ3n) is 2.20. The first kappa shape index (κ1) is 8.06. The minimum atomic E-state index is 0.514. The van der Waals surface area contributed by atoms with Crippen LogP contribution in [0.2, 0.25) is 0 Å². The van der Waals surface area contributed by atoms with E-state index in [0.717, 1.165) is 6.42 Å². The van der Waals surface area contributed by atoms with Crippen molar-refractivity contribution in [2.75, 3.05) is 7.11 Å². The molecule has 0 aromatic carbocycles. The monoisotopic (exact) mass is 141 g/mol. The van der Waals surface area contributed by atoms with Gasteiger partial charge < -0.3 is 4.74 Å². The third kappa shape index (κ3) is 2.70. The van der Waals surface area contributed by atoms with Crippen LogP contribution >= 0.6 is 0 Å². The molecule has 1 radical (unpaired) electrons.